The van der Waals surface area contributed by atoms with E-state index in [1.165, 1.54) is 0 Å². The highest BCUT2D eigenvalue weighted by molar-refractivity contribution is 5.72. The van der Waals surface area contributed by atoms with Crippen LogP contribution < -0.4 is 15.0 Å². The van der Waals surface area contributed by atoms with Crippen molar-refractivity contribution >= 4 is 5.97 Å². The minimum atomic E-state index is -0.961. The maximum atomic E-state index is 10.6. The summed E-state index contributed by atoms with van der Waals surface area (Å²) in [5.41, 5.74) is 6.21. The predicted molar refractivity (Wildman–Crippen MR) is 68.6 cm³/mol. The zero-order valence-corrected chi connectivity index (χ0v) is 11.1. The van der Waals surface area contributed by atoms with E-state index in [-0.39, 0.29) is 6.61 Å². The molecule has 0 spiro atoms. The Kier molecular flexibility index (Phi) is 6.24. The van der Waals surface area contributed by atoms with Crippen molar-refractivity contribution in [1.82, 2.24) is 0 Å². The van der Waals surface area contributed by atoms with E-state index in [0.29, 0.717) is 12.2 Å². The number of aromatic nitrogens is 1. The lowest BCUT2D eigenvalue weighted by atomic mass is 10.1. The van der Waals surface area contributed by atoms with Crippen LogP contribution in [0.4, 0.5) is 0 Å². The fraction of sp³-hybridized carbons (Fsp3) is 0.538. The van der Waals surface area contributed by atoms with Gasteiger partial charge in [0, 0.05) is 12.0 Å². The van der Waals surface area contributed by atoms with Crippen LogP contribution in [0.15, 0.2) is 18.5 Å². The lowest BCUT2D eigenvalue weighted by Crippen LogP contribution is -2.34. The number of unbranched alkanes of at least 4 members (excludes halogenated alkanes) is 1. The number of hydrogen-bond acceptors (Lipinski definition) is 4. The minimum Gasteiger partial charge on any atom is -0.491 e. The number of pyridine rings is 1. The molecule has 0 bridgehead atoms. The van der Waals surface area contributed by atoms with Crippen LogP contribution in [0.2, 0.25) is 0 Å². The largest absolute Gasteiger partial charge is 0.491 e. The molecule has 1 atom stereocenters. The first-order chi connectivity index (χ1) is 9.06. The van der Waals surface area contributed by atoms with E-state index in [2.05, 4.69) is 0 Å². The number of rotatable bonds is 8. The van der Waals surface area contributed by atoms with Gasteiger partial charge >= 0.3 is 5.97 Å². The Bertz CT molecular complexity index is 401. The molecule has 0 aliphatic carbocycles. The van der Waals surface area contributed by atoms with Crippen molar-refractivity contribution in [2.24, 2.45) is 5.73 Å². The van der Waals surface area contributed by atoms with Gasteiger partial charge in [-0.3, -0.25) is 4.79 Å². The highest BCUT2D eigenvalue weighted by atomic mass is 16.5. The molecule has 0 aromatic carbocycles. The molecule has 106 valence electrons. The molecule has 1 unspecified atom stereocenters. The number of nitrogens with zero attached hydrogens (tertiary/aromatic N) is 1. The number of carboxylic acid groups (broad SMARTS) is 1. The number of methoxy groups -OCH3 is 1. The van der Waals surface area contributed by atoms with E-state index >= 15 is 0 Å². The van der Waals surface area contributed by atoms with Gasteiger partial charge in [-0.25, -0.2) is 4.57 Å². The Morgan fingerprint density at radius 1 is 1.47 bits per heavy atom. The van der Waals surface area contributed by atoms with Crippen molar-refractivity contribution in [2.75, 3.05) is 7.11 Å². The molecule has 0 saturated heterocycles. The Balaban J connectivity index is 2.46. The molecule has 1 aromatic heterocycles. The molecule has 0 aliphatic rings. The van der Waals surface area contributed by atoms with Gasteiger partial charge < -0.3 is 20.7 Å². The second kappa shape index (κ2) is 7.70. The third-order valence-electron chi connectivity index (χ3n) is 2.87. The summed E-state index contributed by atoms with van der Waals surface area (Å²) in [6.45, 7) is 0.692. The van der Waals surface area contributed by atoms with Crippen LogP contribution in [0.3, 0.4) is 0 Å². The summed E-state index contributed by atoms with van der Waals surface area (Å²) in [5, 5.41) is 17.8. The highest BCUT2D eigenvalue weighted by Gasteiger charge is 2.12. The first kappa shape index (κ1) is 15.4. The first-order valence-corrected chi connectivity index (χ1v) is 6.23. The van der Waals surface area contributed by atoms with Gasteiger partial charge in [0.25, 0.3) is 0 Å². The number of aliphatic hydroxyl groups excluding tert-OH is 1. The molecular weight excluding hydrogens is 248 g/mol. The molecule has 19 heavy (non-hydrogen) atoms. The SMILES string of the molecule is COc1cc(CO)c[n+](CCCCC(N)C(=O)O)c1. The van der Waals surface area contributed by atoms with Crippen molar-refractivity contribution in [3.8, 4) is 5.75 Å². The average molecular weight is 269 g/mol. The Morgan fingerprint density at radius 3 is 2.79 bits per heavy atom. The molecule has 0 radical (unpaired) electrons. The summed E-state index contributed by atoms with van der Waals surface area (Å²) in [7, 11) is 1.58. The molecule has 0 amide bonds. The number of hydrogen-bond donors (Lipinski definition) is 3. The lowest BCUT2D eigenvalue weighted by Gasteiger charge is -2.05. The van der Waals surface area contributed by atoms with E-state index in [1.54, 1.807) is 13.2 Å². The second-order valence-corrected chi connectivity index (χ2v) is 4.42. The second-order valence-electron chi connectivity index (χ2n) is 4.42. The van der Waals surface area contributed by atoms with Crippen LogP contribution in [0.1, 0.15) is 24.8 Å². The number of carboxylic acids is 1. The van der Waals surface area contributed by atoms with Gasteiger partial charge in [-0.15, -0.1) is 0 Å². The fourth-order valence-electron chi connectivity index (χ4n) is 1.78. The van der Waals surface area contributed by atoms with Crippen molar-refractivity contribution in [1.29, 1.82) is 0 Å². The van der Waals surface area contributed by atoms with Crippen molar-refractivity contribution < 1.29 is 24.3 Å². The Hall–Kier alpha value is -1.66. The average Bonchev–Trinajstić information content (AvgIpc) is 2.42. The van der Waals surface area contributed by atoms with Crippen LogP contribution in [-0.4, -0.2) is 29.3 Å². The highest BCUT2D eigenvalue weighted by Crippen LogP contribution is 2.09. The van der Waals surface area contributed by atoms with Gasteiger partial charge in [0.2, 0.25) is 6.20 Å². The van der Waals surface area contributed by atoms with Crippen LogP contribution >= 0.6 is 0 Å². The van der Waals surface area contributed by atoms with Gasteiger partial charge in [-0.2, -0.15) is 0 Å². The van der Waals surface area contributed by atoms with Gasteiger partial charge in [-0.1, -0.05) is 0 Å². The van der Waals surface area contributed by atoms with Gasteiger partial charge in [0.1, 0.15) is 12.6 Å². The van der Waals surface area contributed by atoms with Crippen molar-refractivity contribution in [3.63, 3.8) is 0 Å². The van der Waals surface area contributed by atoms with Crippen LogP contribution in [0.5, 0.6) is 5.75 Å². The number of ether oxygens (including phenoxy) is 1. The maximum Gasteiger partial charge on any atom is 0.320 e. The van der Waals surface area contributed by atoms with Crippen LogP contribution in [0, 0.1) is 0 Å². The topological polar surface area (TPSA) is 96.7 Å². The molecule has 6 nitrogen and oxygen atoms in total. The predicted octanol–water partition coefficient (Wildman–Crippen LogP) is 0.0572. The van der Waals surface area contributed by atoms with E-state index < -0.39 is 12.0 Å². The number of aryl methyl sites for hydroxylation is 1. The molecule has 0 saturated carbocycles. The number of nitrogens with two attached hydrogens (primary N) is 1. The van der Waals surface area contributed by atoms with Crippen molar-refractivity contribution in [2.45, 2.75) is 38.5 Å². The number of aliphatic carboxylic acids is 1. The zero-order valence-electron chi connectivity index (χ0n) is 11.1. The van der Waals surface area contributed by atoms with Crippen molar-refractivity contribution in [3.05, 3.63) is 24.0 Å². The van der Waals surface area contributed by atoms with Crippen LogP contribution in [0.25, 0.3) is 0 Å². The molecular formula is C13H21N2O4+. The van der Waals surface area contributed by atoms with Crippen LogP contribution in [-0.2, 0) is 17.9 Å². The van der Waals surface area contributed by atoms with E-state index in [9.17, 15) is 4.79 Å². The zero-order chi connectivity index (χ0) is 14.3. The lowest BCUT2D eigenvalue weighted by molar-refractivity contribution is -0.698. The van der Waals surface area contributed by atoms with E-state index in [4.69, 9.17) is 20.7 Å². The fourth-order valence-corrected chi connectivity index (χ4v) is 1.78. The third kappa shape index (κ3) is 5.23. The van der Waals surface area contributed by atoms with Gasteiger partial charge in [0.15, 0.2) is 11.9 Å². The maximum absolute atomic E-state index is 10.6. The van der Waals surface area contributed by atoms with E-state index in [0.717, 1.165) is 24.9 Å². The summed E-state index contributed by atoms with van der Waals surface area (Å²) in [6, 6.07) is 0.986. The molecule has 4 N–H and O–H groups in total. The Labute approximate surface area is 112 Å². The minimum absolute atomic E-state index is 0.0406. The first-order valence-electron chi connectivity index (χ1n) is 6.23. The summed E-state index contributed by atoms with van der Waals surface area (Å²) < 4.78 is 7.07. The van der Waals surface area contributed by atoms with Gasteiger partial charge in [-0.05, 0) is 18.9 Å². The summed E-state index contributed by atoms with van der Waals surface area (Å²) in [4.78, 5) is 10.6. The molecule has 0 fully saturated rings. The Morgan fingerprint density at radius 2 is 2.21 bits per heavy atom. The standard InChI is InChI=1S/C13H20N2O4/c1-19-11-6-10(9-16)7-15(8-11)5-3-2-4-12(14)13(17)18/h6-8,12,16H,2-5,9,14H2,1H3/p+1. The molecule has 0 aliphatic heterocycles. The number of aliphatic hydroxyl groups is 1. The van der Waals surface area contributed by atoms with Gasteiger partial charge in [0.05, 0.1) is 13.7 Å². The molecule has 1 aromatic rings. The summed E-state index contributed by atoms with van der Waals surface area (Å²) in [5.74, 6) is -0.273. The summed E-state index contributed by atoms with van der Waals surface area (Å²) in [6.07, 6.45) is 5.72. The monoisotopic (exact) mass is 269 g/mol. The molecule has 6 heteroatoms. The normalized spacial score (nSPS) is 12.2. The molecule has 1 rings (SSSR count). The quantitative estimate of drug-likeness (QED) is 0.458. The van der Waals surface area contributed by atoms with E-state index in [1.807, 2.05) is 17.0 Å². The smallest absolute Gasteiger partial charge is 0.320 e. The number of carbonyl (C=O) groups is 1. The summed E-state index contributed by atoms with van der Waals surface area (Å²) >= 11 is 0. The third-order valence-corrected chi connectivity index (χ3v) is 2.87. The molecule has 1 heterocycles.